The molecular formula is C27H20N2O8S. The normalized spacial score (nSPS) is 14.9. The number of nitrogens with zero attached hydrogens (tertiary/aromatic N) is 1. The number of rotatable bonds is 8. The molecule has 1 aliphatic heterocycles. The van der Waals surface area contributed by atoms with E-state index in [4.69, 9.17) is 5.11 Å². The summed E-state index contributed by atoms with van der Waals surface area (Å²) < 4.78 is 0. The summed E-state index contributed by atoms with van der Waals surface area (Å²) in [6.07, 6.45) is 0.000745. The third kappa shape index (κ3) is 5.47. The summed E-state index contributed by atoms with van der Waals surface area (Å²) in [6, 6.07) is 15.8. The van der Waals surface area contributed by atoms with Crippen molar-refractivity contribution in [3.8, 4) is 0 Å². The lowest BCUT2D eigenvalue weighted by Gasteiger charge is -2.15. The van der Waals surface area contributed by atoms with Crippen LogP contribution >= 0.6 is 11.8 Å². The van der Waals surface area contributed by atoms with Crippen LogP contribution in [0.4, 0.5) is 11.4 Å². The Hall–Kier alpha value is -4.77. The first-order valence-corrected chi connectivity index (χ1v) is 12.1. The molecule has 1 aliphatic rings. The summed E-state index contributed by atoms with van der Waals surface area (Å²) in [5.74, 6) is -4.34. The minimum absolute atomic E-state index is 0.000745. The van der Waals surface area contributed by atoms with Crippen LogP contribution in [-0.2, 0) is 9.59 Å². The number of carbonyl (C=O) groups is 6. The Morgan fingerprint density at radius 1 is 0.842 bits per heavy atom. The van der Waals surface area contributed by atoms with Crippen LogP contribution in [0.15, 0.2) is 71.6 Å². The van der Waals surface area contributed by atoms with Crippen LogP contribution in [0.3, 0.4) is 0 Å². The molecule has 38 heavy (non-hydrogen) atoms. The van der Waals surface area contributed by atoms with Gasteiger partial charge >= 0.3 is 11.9 Å². The molecule has 0 spiro atoms. The van der Waals surface area contributed by atoms with Crippen molar-refractivity contribution in [1.82, 2.24) is 0 Å². The highest BCUT2D eigenvalue weighted by atomic mass is 32.2. The van der Waals surface area contributed by atoms with Gasteiger partial charge in [-0.2, -0.15) is 0 Å². The quantitative estimate of drug-likeness (QED) is 0.288. The third-order valence-electron chi connectivity index (χ3n) is 5.77. The molecule has 4 rings (SSSR count). The standard InChI is InChI=1S/C27H20N2O8S/c1-14(30)15-2-7-18(8-3-15)29-23(31)13-22(25(29)33)38-19-9-5-17(6-10-19)28-24(32)20-11-4-16(26(34)35)12-21(20)27(36)37/h2-12,22H,13H2,1H3,(H,28,32)(H,34,35)(H,36,37). The minimum Gasteiger partial charge on any atom is -0.478 e. The zero-order valence-corrected chi connectivity index (χ0v) is 20.7. The lowest BCUT2D eigenvalue weighted by Crippen LogP contribution is -2.31. The highest BCUT2D eigenvalue weighted by Gasteiger charge is 2.40. The van der Waals surface area contributed by atoms with Gasteiger partial charge in [0.15, 0.2) is 5.78 Å². The Kier molecular flexibility index (Phi) is 7.40. The third-order valence-corrected chi connectivity index (χ3v) is 6.97. The molecule has 1 heterocycles. The van der Waals surface area contributed by atoms with E-state index in [0.717, 1.165) is 23.1 Å². The molecule has 1 atom stereocenters. The van der Waals surface area contributed by atoms with Crippen LogP contribution in [0.5, 0.6) is 0 Å². The molecule has 3 aromatic carbocycles. The summed E-state index contributed by atoms with van der Waals surface area (Å²) in [6.45, 7) is 1.43. The topological polar surface area (TPSA) is 158 Å². The first kappa shape index (κ1) is 26.3. The summed E-state index contributed by atoms with van der Waals surface area (Å²) in [4.78, 5) is 74.0. The lowest BCUT2D eigenvalue weighted by atomic mass is 10.0. The van der Waals surface area contributed by atoms with Gasteiger partial charge in [-0.05, 0) is 73.7 Å². The largest absolute Gasteiger partial charge is 0.478 e. The van der Waals surface area contributed by atoms with E-state index in [9.17, 15) is 33.9 Å². The zero-order valence-electron chi connectivity index (χ0n) is 19.8. The van der Waals surface area contributed by atoms with Crippen LogP contribution in [-0.4, -0.2) is 50.9 Å². The molecule has 11 heteroatoms. The fraction of sp³-hybridized carbons (Fsp3) is 0.111. The maximum absolute atomic E-state index is 12.9. The number of imide groups is 1. The number of benzene rings is 3. The summed E-state index contributed by atoms with van der Waals surface area (Å²) >= 11 is 1.19. The smallest absolute Gasteiger partial charge is 0.336 e. The maximum Gasteiger partial charge on any atom is 0.336 e. The van der Waals surface area contributed by atoms with Gasteiger partial charge in [0.25, 0.3) is 5.91 Å². The van der Waals surface area contributed by atoms with E-state index in [1.165, 1.54) is 18.7 Å². The number of hydrogen-bond donors (Lipinski definition) is 3. The van der Waals surface area contributed by atoms with Gasteiger partial charge in [0.2, 0.25) is 11.8 Å². The van der Waals surface area contributed by atoms with Crippen LogP contribution in [0.25, 0.3) is 0 Å². The number of Topliss-reactive ketones (excluding diaryl/α,β-unsaturated/α-hetero) is 1. The molecule has 0 bridgehead atoms. The number of anilines is 2. The summed E-state index contributed by atoms with van der Waals surface area (Å²) in [5, 5.41) is 20.4. The van der Waals surface area contributed by atoms with Gasteiger partial charge in [0.05, 0.1) is 27.6 Å². The van der Waals surface area contributed by atoms with Crippen LogP contribution in [0.1, 0.15) is 54.8 Å². The maximum atomic E-state index is 12.9. The first-order chi connectivity index (χ1) is 18.0. The van der Waals surface area contributed by atoms with Crippen molar-refractivity contribution in [2.24, 2.45) is 0 Å². The van der Waals surface area contributed by atoms with Gasteiger partial charge in [0, 0.05) is 22.6 Å². The van der Waals surface area contributed by atoms with Crippen molar-refractivity contribution in [1.29, 1.82) is 0 Å². The van der Waals surface area contributed by atoms with Gasteiger partial charge < -0.3 is 15.5 Å². The SMILES string of the molecule is CC(=O)c1ccc(N2C(=O)CC(Sc3ccc(NC(=O)c4ccc(C(=O)O)cc4C(=O)O)cc3)C2=O)cc1. The molecule has 3 amide bonds. The van der Waals surface area contributed by atoms with Gasteiger partial charge in [-0.3, -0.25) is 19.2 Å². The van der Waals surface area contributed by atoms with E-state index in [-0.39, 0.29) is 35.1 Å². The lowest BCUT2D eigenvalue weighted by molar-refractivity contribution is -0.121. The molecule has 0 saturated carbocycles. The minimum atomic E-state index is -1.44. The number of aromatic carboxylic acids is 2. The number of carboxylic acids is 2. The molecule has 1 fully saturated rings. The predicted octanol–water partition coefficient (Wildman–Crippen LogP) is 3.96. The second-order valence-electron chi connectivity index (χ2n) is 8.33. The predicted molar refractivity (Wildman–Crippen MR) is 138 cm³/mol. The number of thioether (sulfide) groups is 1. The average Bonchev–Trinajstić information content (AvgIpc) is 3.16. The molecule has 192 valence electrons. The van der Waals surface area contributed by atoms with E-state index < -0.39 is 28.7 Å². The Bertz CT molecular complexity index is 1480. The molecule has 1 unspecified atom stereocenters. The number of carbonyl (C=O) groups excluding carboxylic acids is 4. The second kappa shape index (κ2) is 10.7. The number of ketones is 1. The highest BCUT2D eigenvalue weighted by Crippen LogP contribution is 2.34. The zero-order chi connectivity index (χ0) is 27.6. The van der Waals surface area contributed by atoms with E-state index in [1.54, 1.807) is 48.5 Å². The van der Waals surface area contributed by atoms with E-state index in [1.807, 2.05) is 0 Å². The molecular weight excluding hydrogens is 512 g/mol. The molecule has 0 radical (unpaired) electrons. The number of nitrogens with one attached hydrogen (secondary N) is 1. The van der Waals surface area contributed by atoms with E-state index in [2.05, 4.69) is 5.32 Å². The Balaban J connectivity index is 1.43. The van der Waals surface area contributed by atoms with Crippen LogP contribution in [0, 0.1) is 0 Å². The molecule has 0 aliphatic carbocycles. The highest BCUT2D eigenvalue weighted by molar-refractivity contribution is 8.00. The monoisotopic (exact) mass is 532 g/mol. The summed E-state index contributed by atoms with van der Waals surface area (Å²) in [5.41, 5.74) is 0.309. The Morgan fingerprint density at radius 2 is 1.47 bits per heavy atom. The second-order valence-corrected chi connectivity index (χ2v) is 9.61. The fourth-order valence-electron chi connectivity index (χ4n) is 3.84. The van der Waals surface area contributed by atoms with Gasteiger partial charge in [-0.15, -0.1) is 11.8 Å². The van der Waals surface area contributed by atoms with Crippen molar-refractivity contribution in [2.45, 2.75) is 23.5 Å². The van der Waals surface area contributed by atoms with E-state index in [0.29, 0.717) is 21.8 Å². The molecule has 3 N–H and O–H groups in total. The van der Waals surface area contributed by atoms with Gasteiger partial charge in [0.1, 0.15) is 0 Å². The van der Waals surface area contributed by atoms with Crippen molar-refractivity contribution >= 4 is 58.6 Å². The number of carboxylic acid groups (broad SMARTS) is 2. The van der Waals surface area contributed by atoms with E-state index >= 15 is 0 Å². The average molecular weight is 533 g/mol. The Labute approximate surface area is 220 Å². The van der Waals surface area contributed by atoms with Crippen molar-refractivity contribution in [2.75, 3.05) is 10.2 Å². The van der Waals surface area contributed by atoms with Crippen molar-refractivity contribution in [3.05, 3.63) is 89.0 Å². The molecule has 3 aromatic rings. The summed E-state index contributed by atoms with van der Waals surface area (Å²) in [7, 11) is 0. The van der Waals surface area contributed by atoms with Gasteiger partial charge in [-0.25, -0.2) is 14.5 Å². The number of amides is 3. The Morgan fingerprint density at radius 3 is 2.05 bits per heavy atom. The fourth-order valence-corrected chi connectivity index (χ4v) is 4.90. The molecule has 0 aromatic heterocycles. The molecule has 1 saturated heterocycles. The molecule has 10 nitrogen and oxygen atoms in total. The van der Waals surface area contributed by atoms with Crippen LogP contribution in [0.2, 0.25) is 0 Å². The first-order valence-electron chi connectivity index (χ1n) is 11.2. The van der Waals surface area contributed by atoms with Gasteiger partial charge in [-0.1, -0.05) is 0 Å². The number of hydrogen-bond acceptors (Lipinski definition) is 7. The van der Waals surface area contributed by atoms with Crippen LogP contribution < -0.4 is 10.2 Å². The van der Waals surface area contributed by atoms with Crippen molar-refractivity contribution in [3.63, 3.8) is 0 Å². The van der Waals surface area contributed by atoms with Crippen molar-refractivity contribution < 1.29 is 39.0 Å².